The molecule has 0 atom stereocenters. The predicted molar refractivity (Wildman–Crippen MR) is 71.4 cm³/mol. The third-order valence-corrected chi connectivity index (χ3v) is 2.69. The number of carbonyl (C=O) groups excluding carboxylic acids is 1. The molecule has 6 heteroatoms. The van der Waals surface area contributed by atoms with Crippen LogP contribution in [0.1, 0.15) is 26.7 Å². The van der Waals surface area contributed by atoms with E-state index in [1.165, 1.54) is 12.1 Å². The molecule has 104 valence electrons. The van der Waals surface area contributed by atoms with Crippen LogP contribution < -0.4 is 10.1 Å². The largest absolute Gasteiger partial charge is 0.496 e. The molecule has 0 aliphatic heterocycles. The van der Waals surface area contributed by atoms with Gasteiger partial charge >= 0.3 is 5.97 Å². The van der Waals surface area contributed by atoms with Crippen LogP contribution in [0.15, 0.2) is 34.7 Å². The van der Waals surface area contributed by atoms with Crippen LogP contribution in [-0.4, -0.2) is 24.1 Å². The van der Waals surface area contributed by atoms with Crippen LogP contribution in [0.2, 0.25) is 0 Å². The molecule has 1 amide bonds. The highest BCUT2D eigenvalue weighted by molar-refractivity contribution is 6.03. The zero-order valence-corrected chi connectivity index (χ0v) is 11.0. The van der Waals surface area contributed by atoms with E-state index in [4.69, 9.17) is 14.3 Å². The van der Waals surface area contributed by atoms with Gasteiger partial charge in [0, 0.05) is 5.69 Å². The normalized spacial score (nSPS) is 10.1. The van der Waals surface area contributed by atoms with E-state index in [1.807, 2.05) is 6.92 Å². The molecule has 0 saturated carbocycles. The van der Waals surface area contributed by atoms with E-state index in [2.05, 4.69) is 5.32 Å². The first-order valence-electron chi connectivity index (χ1n) is 5.80. The smallest absolute Gasteiger partial charge is 0.371 e. The molecule has 0 fully saturated rings. The molecular formula is C14H13NO5. The van der Waals surface area contributed by atoms with E-state index in [1.54, 1.807) is 25.3 Å². The number of amides is 1. The van der Waals surface area contributed by atoms with Crippen molar-refractivity contribution in [3.63, 3.8) is 0 Å². The number of anilines is 1. The van der Waals surface area contributed by atoms with Crippen molar-refractivity contribution in [3.8, 4) is 5.75 Å². The van der Waals surface area contributed by atoms with E-state index in [9.17, 15) is 9.59 Å². The van der Waals surface area contributed by atoms with Crippen LogP contribution in [-0.2, 0) is 0 Å². The number of benzene rings is 1. The highest BCUT2D eigenvalue weighted by Crippen LogP contribution is 2.22. The van der Waals surface area contributed by atoms with Crippen LogP contribution in [0.25, 0.3) is 0 Å². The highest BCUT2D eigenvalue weighted by Gasteiger charge is 2.15. The molecule has 2 rings (SSSR count). The lowest BCUT2D eigenvalue weighted by atomic mass is 10.2. The standard InChI is InChI=1S/C14H13NO5/c1-8-7-9(3-4-10(8)19-2)15-13(16)11-5-6-12(20-11)14(17)18/h3-7H,1-2H3,(H,15,16)(H,17,18). The number of hydrogen-bond acceptors (Lipinski definition) is 4. The zero-order chi connectivity index (χ0) is 14.7. The molecule has 2 N–H and O–H groups in total. The van der Waals surface area contributed by atoms with E-state index in [-0.39, 0.29) is 11.5 Å². The fraction of sp³-hybridized carbons (Fsp3) is 0.143. The van der Waals surface area contributed by atoms with Crippen molar-refractivity contribution in [1.82, 2.24) is 0 Å². The van der Waals surface area contributed by atoms with Crippen molar-refractivity contribution >= 4 is 17.6 Å². The first-order valence-corrected chi connectivity index (χ1v) is 5.80. The third-order valence-electron chi connectivity index (χ3n) is 2.69. The van der Waals surface area contributed by atoms with Gasteiger partial charge in [-0.3, -0.25) is 4.79 Å². The lowest BCUT2D eigenvalue weighted by Crippen LogP contribution is -2.11. The fourth-order valence-electron chi connectivity index (χ4n) is 1.72. The minimum absolute atomic E-state index is 0.0594. The maximum atomic E-state index is 11.9. The maximum Gasteiger partial charge on any atom is 0.371 e. The van der Waals surface area contributed by atoms with Crippen molar-refractivity contribution < 1.29 is 23.8 Å². The molecule has 20 heavy (non-hydrogen) atoms. The number of carbonyl (C=O) groups is 2. The maximum absolute atomic E-state index is 11.9. The SMILES string of the molecule is COc1ccc(NC(=O)c2ccc(C(=O)O)o2)cc1C. The Balaban J connectivity index is 2.14. The van der Waals surface area contributed by atoms with Crippen LogP contribution in [0, 0.1) is 6.92 Å². The molecule has 2 aromatic rings. The van der Waals surface area contributed by atoms with Crippen molar-refractivity contribution in [3.05, 3.63) is 47.4 Å². The fourth-order valence-corrected chi connectivity index (χ4v) is 1.72. The molecule has 0 aliphatic rings. The van der Waals surface area contributed by atoms with E-state index >= 15 is 0 Å². The lowest BCUT2D eigenvalue weighted by molar-refractivity contribution is 0.0660. The van der Waals surface area contributed by atoms with E-state index in [0.29, 0.717) is 11.4 Å². The van der Waals surface area contributed by atoms with Gasteiger partial charge < -0.3 is 19.6 Å². The van der Waals surface area contributed by atoms with Gasteiger partial charge in [0.15, 0.2) is 5.76 Å². The number of rotatable bonds is 4. The number of methoxy groups -OCH3 is 1. The van der Waals surface area contributed by atoms with E-state index < -0.39 is 11.9 Å². The van der Waals surface area contributed by atoms with Gasteiger partial charge in [0.1, 0.15) is 5.75 Å². The number of aryl methyl sites for hydroxylation is 1. The summed E-state index contributed by atoms with van der Waals surface area (Å²) in [5.74, 6) is -1.35. The summed E-state index contributed by atoms with van der Waals surface area (Å²) in [4.78, 5) is 22.6. The van der Waals surface area contributed by atoms with Gasteiger partial charge in [-0.15, -0.1) is 0 Å². The average Bonchev–Trinajstić information content (AvgIpc) is 2.88. The first-order chi connectivity index (χ1) is 9.51. The van der Waals surface area contributed by atoms with Gasteiger partial charge in [-0.25, -0.2) is 4.79 Å². The number of carboxylic acids is 1. The predicted octanol–water partition coefficient (Wildman–Crippen LogP) is 2.55. The summed E-state index contributed by atoms with van der Waals surface area (Å²) in [6.45, 7) is 1.85. The molecule has 0 radical (unpaired) electrons. The molecule has 1 aromatic carbocycles. The number of aromatic carboxylic acids is 1. The number of carboxylic acid groups (broad SMARTS) is 1. The molecule has 0 unspecified atom stereocenters. The summed E-state index contributed by atoms with van der Waals surface area (Å²) < 4.78 is 10.0. The Hall–Kier alpha value is -2.76. The lowest BCUT2D eigenvalue weighted by Gasteiger charge is -2.08. The summed E-state index contributed by atoms with van der Waals surface area (Å²) in [7, 11) is 1.57. The number of ether oxygens (including phenoxy) is 1. The van der Waals surface area contributed by atoms with Gasteiger partial charge in [0.25, 0.3) is 5.91 Å². The minimum Gasteiger partial charge on any atom is -0.496 e. The zero-order valence-electron chi connectivity index (χ0n) is 11.0. The second-order valence-electron chi connectivity index (χ2n) is 4.11. The van der Waals surface area contributed by atoms with Crippen LogP contribution in [0.4, 0.5) is 5.69 Å². The minimum atomic E-state index is -1.22. The summed E-state index contributed by atoms with van der Waals surface area (Å²) in [5, 5.41) is 11.3. The molecule has 1 aromatic heterocycles. The Labute approximate surface area is 115 Å². The van der Waals surface area contributed by atoms with Crippen LogP contribution in [0.3, 0.4) is 0 Å². The first kappa shape index (κ1) is 13.7. The van der Waals surface area contributed by atoms with Crippen LogP contribution >= 0.6 is 0 Å². The van der Waals surface area contributed by atoms with E-state index in [0.717, 1.165) is 5.56 Å². The summed E-state index contributed by atoms with van der Waals surface area (Å²) in [6.07, 6.45) is 0. The third kappa shape index (κ3) is 2.80. The molecule has 1 heterocycles. The number of hydrogen-bond donors (Lipinski definition) is 2. The van der Waals surface area contributed by atoms with Crippen LogP contribution in [0.5, 0.6) is 5.75 Å². The molecule has 6 nitrogen and oxygen atoms in total. The molecule has 0 aliphatic carbocycles. The Morgan fingerprint density at radius 2 is 1.90 bits per heavy atom. The number of furan rings is 1. The average molecular weight is 275 g/mol. The summed E-state index contributed by atoms with van der Waals surface area (Å²) >= 11 is 0. The second kappa shape index (κ2) is 5.48. The van der Waals surface area contributed by atoms with Crippen molar-refractivity contribution in [2.75, 3.05) is 12.4 Å². The van der Waals surface area contributed by atoms with Gasteiger partial charge in [-0.1, -0.05) is 0 Å². The molecular weight excluding hydrogens is 262 g/mol. The van der Waals surface area contributed by atoms with Crippen molar-refractivity contribution in [2.24, 2.45) is 0 Å². The van der Waals surface area contributed by atoms with Gasteiger partial charge in [0.05, 0.1) is 7.11 Å². The second-order valence-corrected chi connectivity index (χ2v) is 4.11. The van der Waals surface area contributed by atoms with Gasteiger partial charge in [-0.05, 0) is 42.8 Å². The van der Waals surface area contributed by atoms with Gasteiger partial charge in [0.2, 0.25) is 5.76 Å². The van der Waals surface area contributed by atoms with Crippen molar-refractivity contribution in [2.45, 2.75) is 6.92 Å². The monoisotopic (exact) mass is 275 g/mol. The molecule has 0 bridgehead atoms. The topological polar surface area (TPSA) is 88.8 Å². The Kier molecular flexibility index (Phi) is 3.74. The summed E-state index contributed by atoms with van der Waals surface area (Å²) in [5.41, 5.74) is 1.44. The molecule has 0 spiro atoms. The van der Waals surface area contributed by atoms with Crippen molar-refractivity contribution in [1.29, 1.82) is 0 Å². The number of nitrogens with one attached hydrogen (secondary N) is 1. The highest BCUT2D eigenvalue weighted by atomic mass is 16.5. The Morgan fingerprint density at radius 1 is 1.20 bits per heavy atom. The van der Waals surface area contributed by atoms with Gasteiger partial charge in [-0.2, -0.15) is 0 Å². The summed E-state index contributed by atoms with van der Waals surface area (Å²) in [6, 6.07) is 7.71. The Morgan fingerprint density at radius 3 is 2.45 bits per heavy atom. The molecule has 0 saturated heterocycles. The Bertz CT molecular complexity index is 659. The quantitative estimate of drug-likeness (QED) is 0.895.